The zero-order valence-corrected chi connectivity index (χ0v) is 12.5. The summed E-state index contributed by atoms with van der Waals surface area (Å²) < 4.78 is 0. The molecule has 0 atom stereocenters. The van der Waals surface area contributed by atoms with Crippen molar-refractivity contribution >= 4 is 5.78 Å². The van der Waals surface area contributed by atoms with Gasteiger partial charge in [0, 0.05) is 20.1 Å². The third kappa shape index (κ3) is 16.2. The monoisotopic (exact) mass is 393 g/mol. The normalized spacial score (nSPS) is 5.27. The van der Waals surface area contributed by atoms with Crippen molar-refractivity contribution in [2.45, 2.75) is 20.8 Å². The van der Waals surface area contributed by atoms with Crippen molar-refractivity contribution in [1.29, 1.82) is 0 Å². The van der Waals surface area contributed by atoms with Crippen LogP contribution in [0.25, 0.3) is 12.3 Å². The van der Waals surface area contributed by atoms with Crippen molar-refractivity contribution in [2.24, 2.45) is 0 Å². The Morgan fingerprint density at radius 3 is 1.73 bits per heavy atom. The molecule has 0 fully saturated rings. The topological polar surface area (TPSA) is 98.2 Å². The Balaban J connectivity index is -0.0000000274. The van der Waals surface area contributed by atoms with Gasteiger partial charge in [0.15, 0.2) is 0 Å². The fourth-order valence-corrected chi connectivity index (χ4v) is 0.509. The molecule has 0 unspecified atom stereocenters. The second-order valence-corrected chi connectivity index (χ2v) is 1.58. The van der Waals surface area contributed by atoms with E-state index in [1.807, 2.05) is 13.8 Å². The molecule has 5 heteroatoms. The van der Waals surface area contributed by atoms with E-state index in [0.29, 0.717) is 5.69 Å². The third-order valence-electron chi connectivity index (χ3n) is 0.914. The van der Waals surface area contributed by atoms with E-state index in [0.717, 1.165) is 0 Å². The van der Waals surface area contributed by atoms with Crippen LogP contribution in [0.3, 0.4) is 0 Å². The number of hydrogen-bond acceptors (Lipinski definition) is 1. The van der Waals surface area contributed by atoms with Crippen LogP contribution in [0.5, 0.6) is 0 Å². The van der Waals surface area contributed by atoms with E-state index in [4.69, 9.17) is 0 Å². The first-order valence-electron chi connectivity index (χ1n) is 3.39. The van der Waals surface area contributed by atoms with Crippen LogP contribution in [0.2, 0.25) is 0 Å². The van der Waals surface area contributed by atoms with E-state index in [1.54, 1.807) is 18.3 Å². The number of nitrogens with two attached hydrogens (primary N) is 2. The van der Waals surface area contributed by atoms with E-state index in [-0.39, 0.29) is 53.0 Å². The first kappa shape index (κ1) is 36.6. The third-order valence-corrected chi connectivity index (χ3v) is 0.914. The second kappa shape index (κ2) is 23.4. The maximum atomic E-state index is 10.4. The van der Waals surface area contributed by atoms with Gasteiger partial charge in [0.1, 0.15) is 5.78 Å². The molecule has 0 aliphatic carbocycles. The molecular formula is C10H22IrN3O-5. The quantitative estimate of drug-likeness (QED) is 0.528. The number of rotatable bonds is 1. The SMILES string of the molecule is CC.CC(=O)c1ccc[n-]1.[CH3-].[CH3-].[Ir].[NH2-].[NH2-]. The van der Waals surface area contributed by atoms with Crippen LogP contribution >= 0.6 is 0 Å². The van der Waals surface area contributed by atoms with Gasteiger partial charge in [0.2, 0.25) is 0 Å². The van der Waals surface area contributed by atoms with E-state index in [2.05, 4.69) is 4.98 Å². The first-order chi connectivity index (χ1) is 4.80. The minimum atomic E-state index is 0. The van der Waals surface area contributed by atoms with Gasteiger partial charge >= 0.3 is 0 Å². The van der Waals surface area contributed by atoms with E-state index in [1.165, 1.54) is 6.92 Å². The van der Waals surface area contributed by atoms with Crippen LogP contribution in [0.4, 0.5) is 0 Å². The average molecular weight is 393 g/mol. The fraction of sp³-hybridized carbons (Fsp3) is 0.300. The summed E-state index contributed by atoms with van der Waals surface area (Å²) in [6, 6.07) is 3.44. The molecule has 4 nitrogen and oxygen atoms in total. The molecule has 1 rings (SSSR count). The molecule has 1 aromatic rings. The second-order valence-electron chi connectivity index (χ2n) is 1.58. The van der Waals surface area contributed by atoms with Crippen LogP contribution in [-0.2, 0) is 20.1 Å². The summed E-state index contributed by atoms with van der Waals surface area (Å²) in [7, 11) is 0. The fourth-order valence-electron chi connectivity index (χ4n) is 0.509. The molecule has 0 saturated heterocycles. The molecular weight excluding hydrogens is 370 g/mol. The van der Waals surface area contributed by atoms with Crippen molar-refractivity contribution in [3.63, 3.8) is 0 Å². The molecule has 0 aliphatic rings. The number of nitrogens with zero attached hydrogens (tertiary/aromatic N) is 1. The zero-order valence-electron chi connectivity index (χ0n) is 10.1. The van der Waals surface area contributed by atoms with E-state index >= 15 is 0 Å². The molecule has 4 N–H and O–H groups in total. The Labute approximate surface area is 108 Å². The Morgan fingerprint density at radius 1 is 1.20 bits per heavy atom. The Kier molecular flexibility index (Phi) is 57.0. The summed E-state index contributed by atoms with van der Waals surface area (Å²) in [6.45, 7) is 5.50. The van der Waals surface area contributed by atoms with Crippen LogP contribution < -0.4 is 4.98 Å². The average Bonchev–Trinajstić information content (AvgIpc) is 2.42. The molecule has 0 bridgehead atoms. The predicted octanol–water partition coefficient (Wildman–Crippen LogP) is 4.20. The molecule has 0 spiro atoms. The van der Waals surface area contributed by atoms with Gasteiger partial charge < -0.3 is 32.1 Å². The summed E-state index contributed by atoms with van der Waals surface area (Å²) in [5, 5.41) is 0. The van der Waals surface area contributed by atoms with Gasteiger partial charge in [0.05, 0.1) is 0 Å². The number of carbonyl (C=O) groups is 1. The first-order valence-corrected chi connectivity index (χ1v) is 3.39. The summed E-state index contributed by atoms with van der Waals surface area (Å²) in [5.74, 6) is 0.0231. The molecule has 1 radical (unpaired) electrons. The predicted molar refractivity (Wildman–Crippen MR) is 64.5 cm³/mol. The smallest absolute Gasteiger partial charge is 0.138 e. The minimum absolute atomic E-state index is 0. The van der Waals surface area contributed by atoms with Crippen molar-refractivity contribution in [3.8, 4) is 0 Å². The number of aromatic nitrogens is 1. The van der Waals surface area contributed by atoms with Crippen molar-refractivity contribution in [3.05, 3.63) is 51.2 Å². The van der Waals surface area contributed by atoms with Gasteiger partial charge in [-0.3, -0.25) is 4.79 Å². The molecule has 0 amide bonds. The molecule has 97 valence electrons. The molecule has 1 aromatic heterocycles. The van der Waals surface area contributed by atoms with Gasteiger partial charge in [-0.2, -0.15) is 6.20 Å². The van der Waals surface area contributed by atoms with Crippen LogP contribution in [0.1, 0.15) is 31.3 Å². The summed E-state index contributed by atoms with van der Waals surface area (Å²) >= 11 is 0. The molecule has 15 heavy (non-hydrogen) atoms. The molecule has 1 heterocycles. The summed E-state index contributed by atoms with van der Waals surface area (Å²) in [5.41, 5.74) is 0.546. The van der Waals surface area contributed by atoms with Crippen LogP contribution in [0.15, 0.2) is 18.3 Å². The van der Waals surface area contributed by atoms with Gasteiger partial charge in [-0.05, 0) is 6.92 Å². The Morgan fingerprint density at radius 2 is 1.60 bits per heavy atom. The number of Topliss-reactive ketones (excluding diaryl/α,β-unsaturated/α-hetero) is 1. The van der Waals surface area contributed by atoms with Gasteiger partial charge in [-0.1, -0.05) is 31.7 Å². The largest absolute Gasteiger partial charge is 0.693 e. The summed E-state index contributed by atoms with van der Waals surface area (Å²) in [6.07, 6.45) is 1.61. The number of carbonyl (C=O) groups excluding carboxylic acids is 1. The molecule has 0 saturated carbocycles. The zero-order chi connectivity index (χ0) is 7.98. The Hall–Kier alpha value is -0.481. The van der Waals surface area contributed by atoms with Gasteiger partial charge in [0.25, 0.3) is 0 Å². The van der Waals surface area contributed by atoms with E-state index < -0.39 is 0 Å². The van der Waals surface area contributed by atoms with Crippen molar-refractivity contribution in [1.82, 2.24) is 4.98 Å². The van der Waals surface area contributed by atoms with E-state index in [9.17, 15) is 4.79 Å². The van der Waals surface area contributed by atoms with Crippen LogP contribution in [-0.4, -0.2) is 5.78 Å². The Bertz CT molecular complexity index is 189. The van der Waals surface area contributed by atoms with Gasteiger partial charge in [-0.25, -0.2) is 0 Å². The van der Waals surface area contributed by atoms with Crippen molar-refractivity contribution < 1.29 is 24.9 Å². The molecule has 0 aromatic carbocycles. The maximum Gasteiger partial charge on any atom is 0.138 e. The maximum absolute atomic E-state index is 10.4. The minimum Gasteiger partial charge on any atom is -0.693 e. The van der Waals surface area contributed by atoms with Crippen LogP contribution in [0, 0.1) is 14.9 Å². The number of ketones is 1. The van der Waals surface area contributed by atoms with Gasteiger partial charge in [-0.15, -0.1) is 0 Å². The summed E-state index contributed by atoms with van der Waals surface area (Å²) in [4.78, 5) is 14.2. The van der Waals surface area contributed by atoms with Crippen molar-refractivity contribution in [2.75, 3.05) is 0 Å². The molecule has 0 aliphatic heterocycles. The number of hydrogen-bond donors (Lipinski definition) is 0. The standard InChI is InChI=1S/C6H7NO.C2H6.2CH3.Ir.2H2N/c1-5(8)6-3-2-4-7-6;1-2;;;;;/h2-4H,1H3,(H,7,8);1-2H3;2*1H3;;2*1H2/q;;2*-1;;2*-1/p-1.